The van der Waals surface area contributed by atoms with Crippen LogP contribution in [-0.4, -0.2) is 179 Å². The van der Waals surface area contributed by atoms with Gasteiger partial charge < -0.3 is 45.2 Å². The van der Waals surface area contributed by atoms with Crippen LogP contribution < -0.4 is 35.6 Å². The van der Waals surface area contributed by atoms with E-state index < -0.39 is 0 Å². The van der Waals surface area contributed by atoms with E-state index in [0.29, 0.717) is 80.6 Å². The Morgan fingerprint density at radius 3 is 2.08 bits per heavy atom. The van der Waals surface area contributed by atoms with Crippen LogP contribution in [0.4, 0.5) is 51.3 Å². The number of hydrogen-bond donors (Lipinski definition) is 3. The average Bonchev–Trinajstić information content (AvgIpc) is 4.15. The van der Waals surface area contributed by atoms with Crippen molar-refractivity contribution < 1.29 is 9.13 Å². The van der Waals surface area contributed by atoms with E-state index in [-0.39, 0.29) is 24.0 Å². The first kappa shape index (κ1) is 52.6. The van der Waals surface area contributed by atoms with Crippen molar-refractivity contribution in [2.75, 3.05) is 123 Å². The summed E-state index contributed by atoms with van der Waals surface area (Å²) in [6.07, 6.45) is 14.1. The van der Waals surface area contributed by atoms with Crippen molar-refractivity contribution in [1.29, 1.82) is 0 Å². The summed E-state index contributed by atoms with van der Waals surface area (Å²) >= 11 is 1.41. The summed E-state index contributed by atoms with van der Waals surface area (Å²) in [4.78, 5) is 55.8. The highest BCUT2D eigenvalue weighted by atomic mass is 32.2. The molecule has 0 bridgehead atoms. The van der Waals surface area contributed by atoms with E-state index in [1.807, 2.05) is 59.7 Å². The Hall–Kier alpha value is -8.10. The molecule has 23 nitrogen and oxygen atoms in total. The van der Waals surface area contributed by atoms with E-state index in [0.717, 1.165) is 97.6 Å². The van der Waals surface area contributed by atoms with Crippen LogP contribution in [0.5, 0.6) is 0 Å². The number of likely N-dealkylation sites (tertiary alicyclic amines) is 1. The van der Waals surface area contributed by atoms with E-state index in [9.17, 15) is 0 Å². The fraction of sp³-hybridized carbons (Fsp3) is 0.382. The van der Waals surface area contributed by atoms with E-state index in [1.54, 1.807) is 24.8 Å². The molecule has 2 unspecified atom stereocenters. The van der Waals surface area contributed by atoms with Gasteiger partial charge in [-0.05, 0) is 84.9 Å². The summed E-state index contributed by atoms with van der Waals surface area (Å²) in [5.74, 6) is 3.24. The standard InChI is InChI=1S/C55H63FN22OS/c1-72(2)44-26-47(77(34-44)32-39-9-6-10-42(24-39)66-50-61-36-63-53(68-50)76-20-18-74(19-21-76)52-58-27-40(28-59-52)23-38-7-4-3-5-8-38)46-25-41(56)11-12-48(46)80-55-60-31-49(70-71-55)73-14-16-75(17-15-73)54-64-37-62-51(69-54)67-43-29-65-78(33-43)35-45-30-57-13-22-79-45/h3-12,24-25,27-29,31,33,36-37,44-45,47,57H,13-23,26,30,32,34-35H2,1-2H3,(H,61,63,66,68)(H,62,64,67,69)/t44?,45-,47?/m0/s1. The van der Waals surface area contributed by atoms with E-state index in [4.69, 9.17) is 29.7 Å². The molecule has 80 heavy (non-hydrogen) atoms. The van der Waals surface area contributed by atoms with Gasteiger partial charge in [0.15, 0.2) is 5.82 Å². The third-order valence-corrected chi connectivity index (χ3v) is 15.8. The Balaban J connectivity index is 0.650. The molecule has 9 heterocycles. The van der Waals surface area contributed by atoms with Gasteiger partial charge in [-0.25, -0.2) is 39.3 Å². The second-order valence-corrected chi connectivity index (χ2v) is 21.5. The van der Waals surface area contributed by atoms with Gasteiger partial charge in [0.2, 0.25) is 34.9 Å². The Bertz CT molecular complexity index is 3300. The van der Waals surface area contributed by atoms with Crippen molar-refractivity contribution in [2.45, 2.75) is 54.2 Å². The number of nitrogens with one attached hydrogen (secondary N) is 3. The van der Waals surface area contributed by atoms with Crippen LogP contribution in [0.2, 0.25) is 0 Å². The minimum absolute atomic E-state index is 0.0717. The Kier molecular flexibility index (Phi) is 16.1. The lowest BCUT2D eigenvalue weighted by Gasteiger charge is -2.34. The zero-order valence-electron chi connectivity index (χ0n) is 44.7. The molecule has 0 aliphatic carbocycles. The SMILES string of the molecule is CN(C)C1CC(c2cc(F)ccc2Sc2ncc(N3CCN(c4ncnc(Nc5cnn(C[C@@H]6CNCCO6)c5)n4)CC3)nn2)N(Cc2cccc(Nc3ncnc(N4CCN(c5ncc(Cc6ccccc6)cn5)CC4)n3)c2)C1. The molecule has 8 aromatic rings. The van der Waals surface area contributed by atoms with Crippen LogP contribution in [0, 0.1) is 5.82 Å². The summed E-state index contributed by atoms with van der Waals surface area (Å²) in [6, 6.07) is 23.9. The number of piperazine rings is 2. The predicted octanol–water partition coefficient (Wildman–Crippen LogP) is 5.12. The van der Waals surface area contributed by atoms with Crippen LogP contribution >= 0.6 is 11.8 Å². The van der Waals surface area contributed by atoms with Gasteiger partial charge in [0, 0.05) is 126 Å². The molecule has 0 amide bonds. The summed E-state index contributed by atoms with van der Waals surface area (Å²) in [7, 11) is 4.21. The summed E-state index contributed by atoms with van der Waals surface area (Å²) in [6.45, 7) is 10.1. The molecule has 4 aliphatic rings. The molecule has 25 heteroatoms. The van der Waals surface area contributed by atoms with Crippen molar-refractivity contribution in [3.8, 4) is 0 Å². The molecule has 412 valence electrons. The van der Waals surface area contributed by atoms with Gasteiger partial charge in [-0.3, -0.25) is 9.58 Å². The van der Waals surface area contributed by atoms with Gasteiger partial charge >= 0.3 is 0 Å². The van der Waals surface area contributed by atoms with Gasteiger partial charge in [-0.2, -0.15) is 15.1 Å². The molecular formula is C55H63FN22OS. The van der Waals surface area contributed by atoms with Crippen molar-refractivity contribution in [2.24, 2.45) is 0 Å². The van der Waals surface area contributed by atoms with Gasteiger partial charge in [-0.1, -0.05) is 42.5 Å². The van der Waals surface area contributed by atoms with Crippen LogP contribution in [0.25, 0.3) is 0 Å². The topological polar surface area (TPSA) is 224 Å². The monoisotopic (exact) mass is 1100 g/mol. The van der Waals surface area contributed by atoms with Crippen molar-refractivity contribution in [1.82, 2.24) is 80.0 Å². The Morgan fingerprint density at radius 1 is 0.688 bits per heavy atom. The van der Waals surface area contributed by atoms with E-state index in [2.05, 4.69) is 119 Å². The highest BCUT2D eigenvalue weighted by Crippen LogP contribution is 2.41. The molecule has 0 saturated carbocycles. The minimum Gasteiger partial charge on any atom is -0.374 e. The molecule has 0 radical (unpaired) electrons. The van der Waals surface area contributed by atoms with Crippen molar-refractivity contribution in [3.05, 3.63) is 145 Å². The maximum atomic E-state index is 15.3. The first-order chi connectivity index (χ1) is 39.3. The van der Waals surface area contributed by atoms with Crippen molar-refractivity contribution in [3.63, 3.8) is 0 Å². The van der Waals surface area contributed by atoms with Crippen LogP contribution in [0.15, 0.2) is 126 Å². The zero-order valence-corrected chi connectivity index (χ0v) is 45.5. The smallest absolute Gasteiger partial charge is 0.232 e. The number of hydrogen-bond acceptors (Lipinski definition) is 23. The quantitative estimate of drug-likeness (QED) is 0.101. The van der Waals surface area contributed by atoms with E-state index in [1.165, 1.54) is 29.7 Å². The van der Waals surface area contributed by atoms with Gasteiger partial charge in [0.25, 0.3) is 0 Å². The molecule has 3 N–H and O–H groups in total. The molecule has 4 aliphatic heterocycles. The van der Waals surface area contributed by atoms with Gasteiger partial charge in [-0.15, -0.1) is 10.2 Å². The summed E-state index contributed by atoms with van der Waals surface area (Å²) in [5, 5.41) is 24.2. The van der Waals surface area contributed by atoms with Crippen LogP contribution in [-0.2, 0) is 24.2 Å². The second kappa shape index (κ2) is 24.5. The maximum absolute atomic E-state index is 15.3. The number of likely N-dealkylation sites (N-methyl/N-ethyl adjacent to an activating group) is 1. The highest BCUT2D eigenvalue weighted by Gasteiger charge is 2.36. The number of benzene rings is 3. The average molecular weight is 1100 g/mol. The molecule has 4 fully saturated rings. The van der Waals surface area contributed by atoms with E-state index >= 15 is 4.39 Å². The van der Waals surface area contributed by atoms with Gasteiger partial charge in [0.05, 0.1) is 37.3 Å². The minimum atomic E-state index is -0.287. The lowest BCUT2D eigenvalue weighted by atomic mass is 10.0. The Labute approximate surface area is 467 Å². The molecule has 0 spiro atoms. The predicted molar refractivity (Wildman–Crippen MR) is 303 cm³/mol. The number of ether oxygens (including phenoxy) is 1. The third-order valence-electron chi connectivity index (χ3n) is 14.8. The fourth-order valence-corrected chi connectivity index (χ4v) is 11.4. The molecule has 5 aromatic heterocycles. The fourth-order valence-electron chi connectivity index (χ4n) is 10.6. The maximum Gasteiger partial charge on any atom is 0.232 e. The summed E-state index contributed by atoms with van der Waals surface area (Å²) < 4.78 is 23.0. The number of rotatable bonds is 18. The molecule has 12 rings (SSSR count). The molecule has 3 atom stereocenters. The Morgan fingerprint density at radius 2 is 1.39 bits per heavy atom. The molecule has 3 aromatic carbocycles. The first-order valence-electron chi connectivity index (χ1n) is 27.0. The first-order valence-corrected chi connectivity index (χ1v) is 27.9. The normalized spacial score (nSPS) is 19.0. The summed E-state index contributed by atoms with van der Waals surface area (Å²) in [5.41, 5.74) is 5.96. The van der Waals surface area contributed by atoms with Gasteiger partial charge in [0.1, 0.15) is 18.5 Å². The highest BCUT2D eigenvalue weighted by molar-refractivity contribution is 7.99. The number of anilines is 8. The van der Waals surface area contributed by atoms with Crippen LogP contribution in [0.1, 0.15) is 34.7 Å². The molecule has 4 saturated heterocycles. The number of aromatic nitrogens is 13. The lowest BCUT2D eigenvalue weighted by molar-refractivity contribution is 0.0161. The van der Waals surface area contributed by atoms with Crippen molar-refractivity contribution >= 4 is 58.7 Å². The second-order valence-electron chi connectivity index (χ2n) is 20.5. The third kappa shape index (κ3) is 13.0. The zero-order chi connectivity index (χ0) is 54.2. The molecular weight excluding hydrogens is 1040 g/mol. The number of nitrogens with zero attached hydrogens (tertiary/aromatic N) is 19. The largest absolute Gasteiger partial charge is 0.374 e. The lowest BCUT2D eigenvalue weighted by Crippen LogP contribution is -2.47. The van der Waals surface area contributed by atoms with Crippen LogP contribution in [0.3, 0.4) is 0 Å². The number of morpholine rings is 1. The number of halogens is 1.